The normalized spacial score (nSPS) is 18.8. The zero-order valence-electron chi connectivity index (χ0n) is 19.7. The number of amides is 2. The third-order valence-corrected chi connectivity index (χ3v) is 7.96. The Morgan fingerprint density at radius 3 is 2.52 bits per heavy atom. The third kappa shape index (κ3) is 5.55. The molecule has 2 amide bonds. The molecule has 7 heteroatoms. The Morgan fingerprint density at radius 1 is 1.15 bits per heavy atom. The van der Waals surface area contributed by atoms with Crippen molar-refractivity contribution >= 4 is 34.8 Å². The predicted octanol–water partition coefficient (Wildman–Crippen LogP) is 5.72. The second kappa shape index (κ2) is 10.1. The molecule has 178 valence electrons. The number of thiophene rings is 1. The van der Waals surface area contributed by atoms with Gasteiger partial charge in [0.2, 0.25) is 11.8 Å². The van der Waals surface area contributed by atoms with E-state index in [1.807, 2.05) is 37.8 Å². The van der Waals surface area contributed by atoms with Crippen LogP contribution in [0.3, 0.4) is 0 Å². The maximum absolute atomic E-state index is 13.6. The fourth-order valence-electron chi connectivity index (χ4n) is 4.85. The van der Waals surface area contributed by atoms with Crippen molar-refractivity contribution in [1.29, 1.82) is 0 Å². The Kier molecular flexibility index (Phi) is 7.34. The Labute approximate surface area is 205 Å². The van der Waals surface area contributed by atoms with Gasteiger partial charge in [-0.15, -0.1) is 11.3 Å². The quantitative estimate of drug-likeness (QED) is 0.522. The molecular formula is C26H33ClN2O3S. The van der Waals surface area contributed by atoms with E-state index in [0.717, 1.165) is 43.4 Å². The largest absolute Gasteiger partial charge is 0.491 e. The van der Waals surface area contributed by atoms with Gasteiger partial charge in [0.1, 0.15) is 18.9 Å². The van der Waals surface area contributed by atoms with E-state index in [2.05, 4.69) is 11.4 Å². The second-order valence-electron chi connectivity index (χ2n) is 9.99. The molecule has 4 rings (SSSR count). The maximum Gasteiger partial charge on any atom is 0.242 e. The Balaban J connectivity index is 1.52. The van der Waals surface area contributed by atoms with Crippen LogP contribution in [-0.2, 0) is 16.0 Å². The van der Waals surface area contributed by atoms with E-state index in [9.17, 15) is 9.59 Å². The summed E-state index contributed by atoms with van der Waals surface area (Å²) in [6.07, 6.45) is 4.89. The van der Waals surface area contributed by atoms with Gasteiger partial charge in [-0.05, 0) is 81.3 Å². The molecule has 2 aliphatic rings. The minimum Gasteiger partial charge on any atom is -0.491 e. The van der Waals surface area contributed by atoms with E-state index in [4.69, 9.17) is 16.3 Å². The van der Waals surface area contributed by atoms with Crippen molar-refractivity contribution in [2.45, 2.75) is 64.5 Å². The summed E-state index contributed by atoms with van der Waals surface area (Å²) in [5, 5.41) is 2.74. The Hall–Kier alpha value is -2.05. The average molecular weight is 489 g/mol. The van der Waals surface area contributed by atoms with Crippen LogP contribution in [0, 0.1) is 5.92 Å². The molecule has 2 heterocycles. The minimum absolute atomic E-state index is 0.0159. The number of carbonyl (C=O) groups excluding carboxylic acids is 2. The van der Waals surface area contributed by atoms with Crippen LogP contribution in [0.25, 0.3) is 0 Å². The lowest BCUT2D eigenvalue weighted by Gasteiger charge is -2.41. The van der Waals surface area contributed by atoms with Crippen LogP contribution in [0.4, 0.5) is 0 Å². The zero-order chi connectivity index (χ0) is 23.6. The number of hydrogen-bond acceptors (Lipinski definition) is 4. The Bertz CT molecular complexity index is 976. The number of ether oxygens (including phenoxy) is 1. The molecular weight excluding hydrogens is 456 g/mol. The summed E-state index contributed by atoms with van der Waals surface area (Å²) in [5.74, 6) is 0.876. The molecule has 0 N–H and O–H groups in total. The van der Waals surface area contributed by atoms with Crippen molar-refractivity contribution in [1.82, 2.24) is 9.80 Å². The van der Waals surface area contributed by atoms with Gasteiger partial charge in [0.05, 0.1) is 6.04 Å². The third-order valence-electron chi connectivity index (χ3n) is 6.71. The van der Waals surface area contributed by atoms with Gasteiger partial charge in [0.25, 0.3) is 0 Å². The molecule has 1 unspecified atom stereocenters. The van der Waals surface area contributed by atoms with Gasteiger partial charge in [0, 0.05) is 27.9 Å². The zero-order valence-corrected chi connectivity index (χ0v) is 21.3. The van der Waals surface area contributed by atoms with Crippen LogP contribution < -0.4 is 4.74 Å². The van der Waals surface area contributed by atoms with Crippen LogP contribution in [0.15, 0.2) is 35.7 Å². The first-order valence-corrected chi connectivity index (χ1v) is 13.1. The lowest BCUT2D eigenvalue weighted by atomic mass is 9.98. The van der Waals surface area contributed by atoms with E-state index >= 15 is 0 Å². The van der Waals surface area contributed by atoms with Gasteiger partial charge >= 0.3 is 0 Å². The summed E-state index contributed by atoms with van der Waals surface area (Å²) in [6, 6.07) is 9.20. The van der Waals surface area contributed by atoms with Crippen molar-refractivity contribution in [3.05, 3.63) is 51.2 Å². The first-order chi connectivity index (χ1) is 15.7. The van der Waals surface area contributed by atoms with E-state index in [1.165, 1.54) is 4.88 Å². The summed E-state index contributed by atoms with van der Waals surface area (Å²) < 4.78 is 6.08. The van der Waals surface area contributed by atoms with Crippen LogP contribution in [-0.4, -0.2) is 46.8 Å². The van der Waals surface area contributed by atoms with E-state index in [1.54, 1.807) is 28.4 Å². The molecule has 0 bridgehead atoms. The highest BCUT2D eigenvalue weighted by atomic mass is 35.5. The molecule has 2 aromatic rings. The minimum atomic E-state index is -0.409. The van der Waals surface area contributed by atoms with Gasteiger partial charge in [-0.1, -0.05) is 24.4 Å². The fraction of sp³-hybridized carbons (Fsp3) is 0.538. The van der Waals surface area contributed by atoms with Gasteiger partial charge in [-0.3, -0.25) is 9.59 Å². The monoisotopic (exact) mass is 488 g/mol. The van der Waals surface area contributed by atoms with Crippen molar-refractivity contribution in [2.75, 3.05) is 19.7 Å². The molecule has 0 spiro atoms. The highest BCUT2D eigenvalue weighted by molar-refractivity contribution is 7.10. The number of rotatable bonds is 6. The van der Waals surface area contributed by atoms with Crippen LogP contribution >= 0.6 is 22.9 Å². The van der Waals surface area contributed by atoms with Crippen LogP contribution in [0.2, 0.25) is 5.02 Å². The number of halogens is 1. The van der Waals surface area contributed by atoms with Crippen LogP contribution in [0.5, 0.6) is 5.75 Å². The van der Waals surface area contributed by atoms with Crippen molar-refractivity contribution in [2.24, 2.45) is 5.92 Å². The highest BCUT2D eigenvalue weighted by Crippen LogP contribution is 2.35. The summed E-state index contributed by atoms with van der Waals surface area (Å²) in [4.78, 5) is 32.0. The first-order valence-electron chi connectivity index (χ1n) is 11.8. The van der Waals surface area contributed by atoms with Crippen LogP contribution in [0.1, 0.15) is 62.9 Å². The summed E-state index contributed by atoms with van der Waals surface area (Å²) in [5.41, 5.74) is 0.742. The number of nitrogens with zero attached hydrogens (tertiary/aromatic N) is 2. The molecule has 0 saturated heterocycles. The van der Waals surface area contributed by atoms with E-state index in [0.29, 0.717) is 18.2 Å². The molecule has 1 saturated carbocycles. The lowest BCUT2D eigenvalue weighted by molar-refractivity contribution is -0.149. The molecule has 0 radical (unpaired) electrons. The van der Waals surface area contributed by atoms with Gasteiger partial charge in [-0.2, -0.15) is 0 Å². The van der Waals surface area contributed by atoms with Gasteiger partial charge in [0.15, 0.2) is 0 Å². The smallest absolute Gasteiger partial charge is 0.242 e. The average Bonchev–Trinajstić information content (AvgIpc) is 3.47. The standard InChI is InChI=1S/C26H33ClN2O3S/c1-26(2,3)29(25(31)18-6-4-5-7-18)16-24(30)28-14-12-23-21(13-15-33-23)22(28)17-32-20-10-8-19(27)9-11-20/h8-11,13,15,18,22H,4-7,12,14,16-17H2,1-3H3. The van der Waals surface area contributed by atoms with Gasteiger partial charge < -0.3 is 14.5 Å². The first kappa shape index (κ1) is 24.1. The molecule has 33 heavy (non-hydrogen) atoms. The Morgan fingerprint density at radius 2 is 1.85 bits per heavy atom. The number of carbonyl (C=O) groups is 2. The summed E-state index contributed by atoms with van der Waals surface area (Å²) in [7, 11) is 0. The SMILES string of the molecule is CC(C)(C)N(CC(=O)N1CCc2sccc2C1COc1ccc(Cl)cc1)C(=O)C1CCCC1. The predicted molar refractivity (Wildman–Crippen MR) is 133 cm³/mol. The number of benzene rings is 1. The molecule has 1 fully saturated rings. The number of hydrogen-bond donors (Lipinski definition) is 0. The highest BCUT2D eigenvalue weighted by Gasteiger charge is 2.38. The topological polar surface area (TPSA) is 49.9 Å². The van der Waals surface area contributed by atoms with Gasteiger partial charge in [-0.25, -0.2) is 0 Å². The molecule has 1 aliphatic heterocycles. The second-order valence-corrected chi connectivity index (χ2v) is 11.4. The molecule has 1 atom stereocenters. The van der Waals surface area contributed by atoms with Crippen molar-refractivity contribution < 1.29 is 14.3 Å². The molecule has 1 aromatic carbocycles. The van der Waals surface area contributed by atoms with E-state index < -0.39 is 5.54 Å². The molecule has 5 nitrogen and oxygen atoms in total. The fourth-order valence-corrected chi connectivity index (χ4v) is 5.90. The van der Waals surface area contributed by atoms with Crippen molar-refractivity contribution in [3.63, 3.8) is 0 Å². The van der Waals surface area contributed by atoms with E-state index in [-0.39, 0.29) is 30.3 Å². The number of fused-ring (bicyclic) bond motifs is 1. The summed E-state index contributed by atoms with van der Waals surface area (Å²) in [6.45, 7) is 7.15. The lowest BCUT2D eigenvalue weighted by Crippen LogP contribution is -2.54. The maximum atomic E-state index is 13.6. The van der Waals surface area contributed by atoms with Crippen molar-refractivity contribution in [3.8, 4) is 5.75 Å². The molecule has 1 aliphatic carbocycles. The summed E-state index contributed by atoms with van der Waals surface area (Å²) >= 11 is 7.73. The molecule has 1 aromatic heterocycles.